The van der Waals surface area contributed by atoms with Crippen molar-refractivity contribution >= 4 is 33.6 Å². The fraction of sp³-hybridized carbons (Fsp3) is 0.733. The molecule has 0 N–H and O–H groups in total. The van der Waals surface area contributed by atoms with Crippen molar-refractivity contribution in [2.24, 2.45) is 0 Å². The molecule has 0 saturated carbocycles. The molecule has 1 atom stereocenters. The van der Waals surface area contributed by atoms with Crippen molar-refractivity contribution in [3.8, 4) is 0 Å². The van der Waals surface area contributed by atoms with Crippen molar-refractivity contribution in [3.05, 3.63) is 27.7 Å². The van der Waals surface area contributed by atoms with Crippen LogP contribution in [0.25, 0.3) is 5.32 Å². The second-order valence-corrected chi connectivity index (χ2v) is 10.3. The first-order valence-corrected chi connectivity index (χ1v) is 9.53. The summed E-state index contributed by atoms with van der Waals surface area (Å²) in [5.41, 5.74) is 5.82. The van der Waals surface area contributed by atoms with Gasteiger partial charge in [0, 0.05) is 35.0 Å². The summed E-state index contributed by atoms with van der Waals surface area (Å²) < 4.78 is 0. The Hall–Kier alpha value is 0.960. The van der Waals surface area contributed by atoms with E-state index in [0.717, 1.165) is 0 Å². The molecule has 0 aromatic rings. The first kappa shape index (κ1) is 25.9. The first-order chi connectivity index (χ1) is 7.51. The SMILES string of the molecule is CC1=C(C)C(C)([SiH](C)C)C([N-]C(C)(C)C)=C1C.Cl.Cl.[Zr]. The van der Waals surface area contributed by atoms with Gasteiger partial charge >= 0.3 is 0 Å². The van der Waals surface area contributed by atoms with Crippen LogP contribution in [0.2, 0.25) is 18.1 Å². The topological polar surface area (TPSA) is 14.1 Å². The smallest absolute Gasteiger partial charge is 0.0451 e. The van der Waals surface area contributed by atoms with Gasteiger partial charge in [0.2, 0.25) is 0 Å². The first-order valence-electron chi connectivity index (χ1n) is 6.64. The molecule has 0 aromatic heterocycles. The van der Waals surface area contributed by atoms with Gasteiger partial charge in [-0.3, -0.25) is 0 Å². The van der Waals surface area contributed by atoms with Crippen LogP contribution in [0.15, 0.2) is 22.4 Å². The van der Waals surface area contributed by atoms with Crippen molar-refractivity contribution in [1.29, 1.82) is 0 Å². The van der Waals surface area contributed by atoms with Gasteiger partial charge in [-0.2, -0.15) is 5.70 Å². The fourth-order valence-electron chi connectivity index (χ4n) is 2.66. The van der Waals surface area contributed by atoms with Crippen molar-refractivity contribution in [3.63, 3.8) is 0 Å². The van der Waals surface area contributed by atoms with E-state index < -0.39 is 8.80 Å². The summed E-state index contributed by atoms with van der Waals surface area (Å²) in [5.74, 6) is 0. The van der Waals surface area contributed by atoms with Crippen LogP contribution in [-0.2, 0) is 26.2 Å². The van der Waals surface area contributed by atoms with E-state index in [-0.39, 0.29) is 61.6 Å². The number of hydrogen-bond acceptors (Lipinski definition) is 0. The van der Waals surface area contributed by atoms with Crippen LogP contribution < -0.4 is 0 Å². The standard InChI is InChI=1S/C15H28NSi.2ClH.Zr/c1-10-11(2)13(16-14(4,5)6)15(7,12(10)3)17(8)9;;;/h17H,1-9H3;2*1H;/q-1;;;. The molecule has 0 bridgehead atoms. The minimum atomic E-state index is -0.830. The molecule has 1 aliphatic rings. The Morgan fingerprint density at radius 2 is 1.35 bits per heavy atom. The zero-order valence-electron chi connectivity index (χ0n) is 14.3. The molecular formula is C15H30Cl2NSiZr-. The normalized spacial score (nSPS) is 22.3. The predicted octanol–water partition coefficient (Wildman–Crippen LogP) is 5.87. The third-order valence-electron chi connectivity index (χ3n) is 4.35. The second kappa shape index (κ2) is 8.56. The molecule has 0 aromatic carbocycles. The molecule has 0 spiro atoms. The number of hydrogen-bond donors (Lipinski definition) is 0. The van der Waals surface area contributed by atoms with Crippen LogP contribution >= 0.6 is 24.8 Å². The van der Waals surface area contributed by atoms with Crippen molar-refractivity contribution in [2.75, 3.05) is 0 Å². The summed E-state index contributed by atoms with van der Waals surface area (Å²) in [6.07, 6.45) is 0. The van der Waals surface area contributed by atoms with Gasteiger partial charge in [0.15, 0.2) is 0 Å². The summed E-state index contributed by atoms with van der Waals surface area (Å²) in [6, 6.07) is 0. The number of nitrogens with zero attached hydrogens (tertiary/aromatic N) is 1. The summed E-state index contributed by atoms with van der Waals surface area (Å²) >= 11 is 0. The molecular weight excluding hydrogens is 384 g/mol. The second-order valence-electron chi connectivity index (χ2n) is 6.86. The summed E-state index contributed by atoms with van der Waals surface area (Å²) in [4.78, 5) is 0. The van der Waals surface area contributed by atoms with Crippen LogP contribution in [0.1, 0.15) is 48.5 Å². The molecule has 0 amide bonds. The quantitative estimate of drug-likeness (QED) is 0.502. The molecule has 0 heterocycles. The molecule has 1 aliphatic carbocycles. The molecule has 0 aliphatic heterocycles. The van der Waals surface area contributed by atoms with E-state index >= 15 is 0 Å². The van der Waals surface area contributed by atoms with Crippen LogP contribution in [0.4, 0.5) is 0 Å². The molecule has 20 heavy (non-hydrogen) atoms. The van der Waals surface area contributed by atoms with Gasteiger partial charge in [-0.25, -0.2) is 0 Å². The third kappa shape index (κ3) is 4.73. The maximum atomic E-state index is 5.04. The van der Waals surface area contributed by atoms with E-state index in [1.54, 1.807) is 5.57 Å². The van der Waals surface area contributed by atoms with Gasteiger partial charge in [-0.1, -0.05) is 57.5 Å². The molecule has 1 nitrogen and oxygen atoms in total. The number of rotatable bonds is 2. The van der Waals surface area contributed by atoms with E-state index in [4.69, 9.17) is 5.32 Å². The Kier molecular flexibility index (Phi) is 11.1. The van der Waals surface area contributed by atoms with Gasteiger partial charge in [0.05, 0.1) is 0 Å². The Morgan fingerprint density at radius 3 is 1.65 bits per heavy atom. The van der Waals surface area contributed by atoms with E-state index in [1.807, 2.05) is 0 Å². The van der Waals surface area contributed by atoms with Crippen molar-refractivity contribution < 1.29 is 26.2 Å². The van der Waals surface area contributed by atoms with Crippen LogP contribution in [-0.4, -0.2) is 14.3 Å². The molecule has 0 radical (unpaired) electrons. The average Bonchev–Trinajstić information content (AvgIpc) is 2.32. The zero-order valence-corrected chi connectivity index (χ0v) is 19.6. The maximum absolute atomic E-state index is 5.04. The molecule has 118 valence electrons. The Labute approximate surface area is 159 Å². The van der Waals surface area contributed by atoms with Gasteiger partial charge in [0.1, 0.15) is 0 Å². The number of halogens is 2. The van der Waals surface area contributed by atoms with Crippen LogP contribution in [0.3, 0.4) is 0 Å². The van der Waals surface area contributed by atoms with E-state index in [9.17, 15) is 0 Å². The molecule has 1 rings (SSSR count). The maximum Gasteiger partial charge on any atom is 0.0451 e. The summed E-state index contributed by atoms with van der Waals surface area (Å²) in [7, 11) is -0.830. The summed E-state index contributed by atoms with van der Waals surface area (Å²) in [6.45, 7) is 20.7. The van der Waals surface area contributed by atoms with Gasteiger partial charge < -0.3 is 5.32 Å². The summed E-state index contributed by atoms with van der Waals surface area (Å²) in [5, 5.41) is 5.29. The Morgan fingerprint density at radius 1 is 0.950 bits per heavy atom. The van der Waals surface area contributed by atoms with Gasteiger partial charge in [-0.15, -0.1) is 30.4 Å². The van der Waals surface area contributed by atoms with Crippen LogP contribution in [0.5, 0.6) is 0 Å². The van der Waals surface area contributed by atoms with Crippen molar-refractivity contribution in [2.45, 2.75) is 72.1 Å². The molecule has 0 saturated heterocycles. The van der Waals surface area contributed by atoms with E-state index in [0.29, 0.717) is 0 Å². The van der Waals surface area contributed by atoms with Gasteiger partial charge in [0.25, 0.3) is 0 Å². The van der Waals surface area contributed by atoms with Crippen molar-refractivity contribution in [1.82, 2.24) is 0 Å². The largest absolute Gasteiger partial charge is 0.682 e. The van der Waals surface area contributed by atoms with E-state index in [1.165, 1.54) is 16.8 Å². The Bertz CT molecular complexity index is 397. The Balaban J connectivity index is -0.000000963. The average molecular weight is 415 g/mol. The fourth-order valence-corrected chi connectivity index (χ4v) is 4.57. The molecule has 5 heteroatoms. The van der Waals surface area contributed by atoms with Crippen LogP contribution in [0, 0.1) is 0 Å². The molecule has 1 unspecified atom stereocenters. The zero-order chi connectivity index (χ0) is 13.6. The minimum absolute atomic E-state index is 0. The number of allylic oxidation sites excluding steroid dienone is 3. The van der Waals surface area contributed by atoms with E-state index in [2.05, 4.69) is 61.6 Å². The van der Waals surface area contributed by atoms with Gasteiger partial charge in [-0.05, 0) is 25.8 Å². The monoisotopic (exact) mass is 412 g/mol. The molecule has 0 fully saturated rings. The third-order valence-corrected chi connectivity index (χ3v) is 7.37. The minimum Gasteiger partial charge on any atom is -0.682 e. The predicted molar refractivity (Wildman–Crippen MR) is 95.9 cm³/mol.